The number of nitrogens with zero attached hydrogens (tertiary/aromatic N) is 4. The Morgan fingerprint density at radius 2 is 2.22 bits per heavy atom. The van der Waals surface area contributed by atoms with Crippen LogP contribution in [0.2, 0.25) is 0 Å². The molecule has 0 aliphatic heterocycles. The van der Waals surface area contributed by atoms with Gasteiger partial charge in [-0.1, -0.05) is 33.3 Å². The van der Waals surface area contributed by atoms with E-state index in [2.05, 4.69) is 31.2 Å². The van der Waals surface area contributed by atoms with E-state index in [9.17, 15) is 0 Å². The lowest BCUT2D eigenvalue weighted by molar-refractivity contribution is 0.485. The van der Waals surface area contributed by atoms with Crippen molar-refractivity contribution in [2.75, 3.05) is 0 Å². The van der Waals surface area contributed by atoms with Crippen LogP contribution in [0.1, 0.15) is 23.3 Å². The average molecular weight is 307 g/mol. The fourth-order valence-corrected chi connectivity index (χ4v) is 1.91. The van der Waals surface area contributed by atoms with Gasteiger partial charge in [-0.05, 0) is 19.1 Å². The van der Waals surface area contributed by atoms with Crippen LogP contribution in [0, 0.1) is 0 Å². The molecule has 0 saturated heterocycles. The Morgan fingerprint density at radius 3 is 2.94 bits per heavy atom. The monoisotopic (exact) mass is 306 g/mol. The Balaban J connectivity index is 1.86. The van der Waals surface area contributed by atoms with Gasteiger partial charge in [0.15, 0.2) is 5.58 Å². The van der Waals surface area contributed by atoms with Crippen molar-refractivity contribution in [3.8, 4) is 0 Å². The van der Waals surface area contributed by atoms with Gasteiger partial charge in [0.2, 0.25) is 5.89 Å². The Kier molecular flexibility index (Phi) is 2.87. The van der Waals surface area contributed by atoms with Gasteiger partial charge in [0.1, 0.15) is 12.1 Å². The normalized spacial score (nSPS) is 13.0. The zero-order valence-electron chi connectivity index (χ0n) is 9.75. The van der Waals surface area contributed by atoms with Crippen molar-refractivity contribution >= 4 is 27.0 Å². The van der Waals surface area contributed by atoms with Crippen molar-refractivity contribution in [3.63, 3.8) is 0 Å². The molecule has 1 aromatic carbocycles. The molecule has 5 nitrogen and oxygen atoms in total. The highest BCUT2D eigenvalue weighted by Gasteiger charge is 2.09. The van der Waals surface area contributed by atoms with Crippen LogP contribution in [-0.2, 0) is 6.54 Å². The molecule has 0 radical (unpaired) electrons. The second kappa shape index (κ2) is 4.53. The quantitative estimate of drug-likeness (QED) is 0.698. The molecule has 1 atom stereocenters. The van der Waals surface area contributed by atoms with E-state index in [-0.39, 0.29) is 4.83 Å². The number of halogens is 1. The predicted octanol–water partition coefficient (Wildman–Crippen LogP) is 2.92. The first-order chi connectivity index (χ1) is 8.72. The van der Waals surface area contributed by atoms with Gasteiger partial charge < -0.3 is 4.42 Å². The summed E-state index contributed by atoms with van der Waals surface area (Å²) in [6.45, 7) is 2.50. The van der Waals surface area contributed by atoms with Crippen molar-refractivity contribution < 1.29 is 4.42 Å². The number of hydrogen-bond acceptors (Lipinski definition) is 4. The standard InChI is InChI=1S/C12H11BrN4O/c1-8(13)10-6-17(16-15-10)7-12-14-9-4-2-3-5-11(9)18-12/h2-6,8H,7H2,1H3. The zero-order valence-corrected chi connectivity index (χ0v) is 11.3. The Morgan fingerprint density at radius 1 is 1.39 bits per heavy atom. The highest BCUT2D eigenvalue weighted by atomic mass is 79.9. The van der Waals surface area contributed by atoms with Crippen LogP contribution in [0.25, 0.3) is 11.1 Å². The van der Waals surface area contributed by atoms with Crippen molar-refractivity contribution in [2.45, 2.75) is 18.3 Å². The molecule has 6 heteroatoms. The molecule has 0 spiro atoms. The third-order valence-corrected chi connectivity index (χ3v) is 3.07. The van der Waals surface area contributed by atoms with Gasteiger partial charge in [-0.25, -0.2) is 9.67 Å². The minimum absolute atomic E-state index is 0.190. The Bertz CT molecular complexity index is 640. The summed E-state index contributed by atoms with van der Waals surface area (Å²) in [5.41, 5.74) is 2.55. The molecule has 0 N–H and O–H groups in total. The van der Waals surface area contributed by atoms with E-state index in [0.29, 0.717) is 12.4 Å². The van der Waals surface area contributed by atoms with Crippen LogP contribution in [0.3, 0.4) is 0 Å². The lowest BCUT2D eigenvalue weighted by atomic mass is 10.3. The molecule has 1 unspecified atom stereocenters. The largest absolute Gasteiger partial charge is 0.439 e. The van der Waals surface area contributed by atoms with Crippen LogP contribution in [-0.4, -0.2) is 20.0 Å². The number of oxazole rings is 1. The molecule has 0 aliphatic carbocycles. The first-order valence-corrected chi connectivity index (χ1v) is 6.52. The van der Waals surface area contributed by atoms with E-state index in [1.165, 1.54) is 0 Å². The van der Waals surface area contributed by atoms with E-state index < -0.39 is 0 Å². The molecule has 2 aromatic heterocycles. The van der Waals surface area contributed by atoms with Gasteiger partial charge in [-0.2, -0.15) is 0 Å². The van der Waals surface area contributed by atoms with E-state index in [1.807, 2.05) is 37.4 Å². The molecular formula is C12H11BrN4O. The average Bonchev–Trinajstić information content (AvgIpc) is 2.94. The SMILES string of the molecule is CC(Br)c1cn(Cc2nc3ccccc3o2)nn1. The minimum atomic E-state index is 0.190. The Hall–Kier alpha value is -1.69. The van der Waals surface area contributed by atoms with Crippen molar-refractivity contribution in [3.05, 3.63) is 42.0 Å². The minimum Gasteiger partial charge on any atom is -0.439 e. The molecule has 0 amide bonds. The van der Waals surface area contributed by atoms with Crippen LogP contribution >= 0.6 is 15.9 Å². The van der Waals surface area contributed by atoms with Crippen molar-refractivity contribution in [1.29, 1.82) is 0 Å². The molecule has 0 saturated carbocycles. The summed E-state index contributed by atoms with van der Waals surface area (Å²) in [6.07, 6.45) is 1.88. The van der Waals surface area contributed by atoms with Gasteiger partial charge >= 0.3 is 0 Å². The highest BCUT2D eigenvalue weighted by Crippen LogP contribution is 2.19. The summed E-state index contributed by atoms with van der Waals surface area (Å²) < 4.78 is 7.35. The van der Waals surface area contributed by atoms with Crippen LogP contribution in [0.15, 0.2) is 34.9 Å². The second-order valence-corrected chi connectivity index (χ2v) is 5.41. The van der Waals surface area contributed by atoms with Crippen LogP contribution < -0.4 is 0 Å². The number of para-hydroxylation sites is 2. The summed E-state index contributed by atoms with van der Waals surface area (Å²) in [5.74, 6) is 0.634. The fraction of sp³-hybridized carbons (Fsp3) is 0.250. The summed E-state index contributed by atoms with van der Waals surface area (Å²) in [7, 11) is 0. The van der Waals surface area contributed by atoms with Crippen molar-refractivity contribution in [1.82, 2.24) is 20.0 Å². The van der Waals surface area contributed by atoms with Gasteiger partial charge in [0.25, 0.3) is 0 Å². The molecule has 92 valence electrons. The van der Waals surface area contributed by atoms with E-state index in [0.717, 1.165) is 16.8 Å². The smallest absolute Gasteiger partial charge is 0.217 e. The van der Waals surface area contributed by atoms with Gasteiger partial charge in [0.05, 0.1) is 16.7 Å². The highest BCUT2D eigenvalue weighted by molar-refractivity contribution is 9.09. The van der Waals surface area contributed by atoms with Gasteiger partial charge in [-0.3, -0.25) is 0 Å². The molecule has 3 aromatic rings. The lowest BCUT2D eigenvalue weighted by Crippen LogP contribution is -2.00. The van der Waals surface area contributed by atoms with E-state index in [4.69, 9.17) is 4.42 Å². The fourth-order valence-electron chi connectivity index (χ4n) is 1.70. The molecule has 0 bridgehead atoms. The van der Waals surface area contributed by atoms with E-state index in [1.54, 1.807) is 4.68 Å². The van der Waals surface area contributed by atoms with E-state index >= 15 is 0 Å². The maximum Gasteiger partial charge on any atom is 0.217 e. The third-order valence-electron chi connectivity index (χ3n) is 2.60. The maximum absolute atomic E-state index is 5.63. The number of hydrogen-bond donors (Lipinski definition) is 0. The third kappa shape index (κ3) is 2.15. The van der Waals surface area contributed by atoms with Gasteiger partial charge in [-0.15, -0.1) is 5.10 Å². The first kappa shape index (κ1) is 11.4. The summed E-state index contributed by atoms with van der Waals surface area (Å²) in [5, 5.41) is 8.10. The molecule has 3 rings (SSSR count). The number of aromatic nitrogens is 4. The molecule has 0 fully saturated rings. The Labute approximate surface area is 112 Å². The first-order valence-electron chi connectivity index (χ1n) is 5.61. The second-order valence-electron chi connectivity index (χ2n) is 4.03. The van der Waals surface area contributed by atoms with Gasteiger partial charge in [0, 0.05) is 0 Å². The summed E-state index contributed by atoms with van der Waals surface area (Å²) in [6, 6.07) is 7.70. The summed E-state index contributed by atoms with van der Waals surface area (Å²) in [4.78, 5) is 4.58. The number of benzene rings is 1. The molecule has 2 heterocycles. The molecular weight excluding hydrogens is 296 g/mol. The lowest BCUT2D eigenvalue weighted by Gasteiger charge is -1.94. The van der Waals surface area contributed by atoms with Crippen LogP contribution in [0.5, 0.6) is 0 Å². The predicted molar refractivity (Wildman–Crippen MR) is 70.5 cm³/mol. The molecule has 0 aliphatic rings. The van der Waals surface area contributed by atoms with Crippen molar-refractivity contribution in [2.24, 2.45) is 0 Å². The van der Waals surface area contributed by atoms with Crippen LogP contribution in [0.4, 0.5) is 0 Å². The molecule has 18 heavy (non-hydrogen) atoms. The number of alkyl halides is 1. The maximum atomic E-state index is 5.63. The number of rotatable bonds is 3. The zero-order chi connectivity index (χ0) is 12.5. The number of fused-ring (bicyclic) bond motifs is 1. The summed E-state index contributed by atoms with van der Waals surface area (Å²) >= 11 is 3.45. The topological polar surface area (TPSA) is 56.7 Å².